The third-order valence-corrected chi connectivity index (χ3v) is 3.54. The van der Waals surface area contributed by atoms with Gasteiger partial charge in [0.2, 0.25) is 0 Å². The zero-order chi connectivity index (χ0) is 14.4. The molecule has 0 nitrogen and oxygen atoms in total. The monoisotopic (exact) mass is 260 g/mol. The first-order valence-electron chi connectivity index (χ1n) is 8.47. The minimum Gasteiger partial charge on any atom is -0.0944 e. The van der Waals surface area contributed by atoms with Gasteiger partial charge >= 0.3 is 0 Å². The van der Waals surface area contributed by atoms with Gasteiger partial charge in [-0.25, -0.2) is 0 Å². The molecule has 0 rings (SSSR count). The first-order chi connectivity index (χ1) is 9.12. The van der Waals surface area contributed by atoms with Crippen molar-refractivity contribution in [1.29, 1.82) is 0 Å². The zero-order valence-electron chi connectivity index (χ0n) is 13.9. The summed E-state index contributed by atoms with van der Waals surface area (Å²) in [4.78, 5) is 0. The molecule has 0 aliphatic rings. The lowest BCUT2D eigenvalue weighted by Crippen LogP contribution is -2.05. The predicted octanol–water partition coefficient (Wildman–Crippen LogP) is 4.42. The van der Waals surface area contributed by atoms with E-state index in [1.807, 2.05) is 0 Å². The van der Waals surface area contributed by atoms with E-state index in [2.05, 4.69) is 53.8 Å². The average molecular weight is 260 g/mol. The van der Waals surface area contributed by atoms with Gasteiger partial charge in [-0.3, -0.25) is 0 Å². The van der Waals surface area contributed by atoms with Gasteiger partial charge in [0.05, 0.1) is 0 Å². The van der Waals surface area contributed by atoms with E-state index in [-0.39, 0.29) is 5.21 Å². The van der Waals surface area contributed by atoms with Gasteiger partial charge in [-0.15, -0.1) is 0 Å². The number of hydrogen-bond donors (Lipinski definition) is 0. The molecule has 0 heterocycles. The minimum atomic E-state index is 0.232. The molecule has 0 radical (unpaired) electrons. The van der Waals surface area contributed by atoms with Gasteiger partial charge in [0.1, 0.15) is 15.7 Å². The number of allylic oxidation sites excluding steroid dienone is 4. The summed E-state index contributed by atoms with van der Waals surface area (Å²) in [6.45, 7) is 4.53. The SMILES string of the molecule is BC(B)(/C=C\CCCCC)/C=C\CCCCCCC. The summed E-state index contributed by atoms with van der Waals surface area (Å²) >= 11 is 0. The van der Waals surface area contributed by atoms with Gasteiger partial charge in [-0.05, 0) is 25.7 Å². The lowest BCUT2D eigenvalue weighted by Gasteiger charge is -2.14. The molecular formula is C17H34B2. The second kappa shape index (κ2) is 12.6. The highest BCUT2D eigenvalue weighted by molar-refractivity contribution is 6.42. The summed E-state index contributed by atoms with van der Waals surface area (Å²) in [6, 6.07) is 0. The third-order valence-electron chi connectivity index (χ3n) is 3.54. The molecule has 0 atom stereocenters. The van der Waals surface area contributed by atoms with Crippen LogP contribution in [0.25, 0.3) is 0 Å². The lowest BCUT2D eigenvalue weighted by molar-refractivity contribution is 0.637. The van der Waals surface area contributed by atoms with Crippen molar-refractivity contribution in [1.82, 2.24) is 0 Å². The van der Waals surface area contributed by atoms with Crippen LogP contribution in [0.15, 0.2) is 24.3 Å². The Labute approximate surface area is 124 Å². The zero-order valence-corrected chi connectivity index (χ0v) is 13.9. The summed E-state index contributed by atoms with van der Waals surface area (Å²) in [5.74, 6) is 0. The highest BCUT2D eigenvalue weighted by Gasteiger charge is 2.08. The van der Waals surface area contributed by atoms with E-state index >= 15 is 0 Å². The molecule has 19 heavy (non-hydrogen) atoms. The fraction of sp³-hybridized carbons (Fsp3) is 0.765. The van der Waals surface area contributed by atoms with Crippen LogP contribution in [-0.2, 0) is 0 Å². The second-order valence-electron chi connectivity index (χ2n) is 6.32. The molecule has 0 aromatic carbocycles. The van der Waals surface area contributed by atoms with Crippen LogP contribution in [-0.4, -0.2) is 15.7 Å². The van der Waals surface area contributed by atoms with Crippen LogP contribution < -0.4 is 0 Å². The maximum absolute atomic E-state index is 2.38. The second-order valence-corrected chi connectivity index (χ2v) is 6.32. The fourth-order valence-electron chi connectivity index (χ4n) is 2.21. The van der Waals surface area contributed by atoms with E-state index in [1.165, 1.54) is 64.2 Å². The van der Waals surface area contributed by atoms with Gasteiger partial charge in [0.15, 0.2) is 0 Å². The summed E-state index contributed by atoms with van der Waals surface area (Å²) < 4.78 is 0. The van der Waals surface area contributed by atoms with Crippen molar-refractivity contribution in [3.8, 4) is 0 Å². The Morgan fingerprint density at radius 3 is 1.63 bits per heavy atom. The summed E-state index contributed by atoms with van der Waals surface area (Å²) in [7, 11) is 4.60. The van der Waals surface area contributed by atoms with Gasteiger partial charge in [0.25, 0.3) is 0 Å². The van der Waals surface area contributed by atoms with Crippen LogP contribution in [0.1, 0.15) is 78.1 Å². The lowest BCUT2D eigenvalue weighted by atomic mass is 9.54. The highest BCUT2D eigenvalue weighted by atomic mass is 14.0. The molecule has 0 fully saturated rings. The molecular weight excluding hydrogens is 226 g/mol. The quantitative estimate of drug-likeness (QED) is 0.277. The van der Waals surface area contributed by atoms with Crippen molar-refractivity contribution in [2.75, 3.05) is 0 Å². The molecule has 108 valence electrons. The van der Waals surface area contributed by atoms with Gasteiger partial charge in [-0.1, -0.05) is 81.9 Å². The molecule has 0 amide bonds. The molecule has 0 saturated heterocycles. The highest BCUT2D eigenvalue weighted by Crippen LogP contribution is 2.21. The first-order valence-corrected chi connectivity index (χ1v) is 8.47. The molecule has 0 aromatic heterocycles. The van der Waals surface area contributed by atoms with Crippen molar-refractivity contribution in [3.05, 3.63) is 24.3 Å². The molecule has 0 saturated carbocycles. The van der Waals surface area contributed by atoms with Gasteiger partial charge in [-0.2, -0.15) is 0 Å². The van der Waals surface area contributed by atoms with Crippen molar-refractivity contribution in [2.45, 2.75) is 83.3 Å². The topological polar surface area (TPSA) is 0 Å². The average Bonchev–Trinajstić information content (AvgIpc) is 2.37. The Morgan fingerprint density at radius 2 is 1.11 bits per heavy atom. The van der Waals surface area contributed by atoms with Crippen molar-refractivity contribution in [2.24, 2.45) is 0 Å². The van der Waals surface area contributed by atoms with Gasteiger partial charge in [0, 0.05) is 0 Å². The summed E-state index contributed by atoms with van der Waals surface area (Å²) in [5, 5.41) is 0.232. The Kier molecular flexibility index (Phi) is 12.4. The van der Waals surface area contributed by atoms with Crippen LogP contribution in [0.5, 0.6) is 0 Å². The molecule has 0 spiro atoms. The van der Waals surface area contributed by atoms with E-state index in [4.69, 9.17) is 0 Å². The predicted molar refractivity (Wildman–Crippen MR) is 95.6 cm³/mol. The maximum Gasteiger partial charge on any atom is 0.108 e. The van der Waals surface area contributed by atoms with Crippen molar-refractivity contribution < 1.29 is 0 Å². The minimum absolute atomic E-state index is 0.232. The van der Waals surface area contributed by atoms with Crippen LogP contribution in [0.2, 0.25) is 5.21 Å². The van der Waals surface area contributed by atoms with Crippen molar-refractivity contribution in [3.63, 3.8) is 0 Å². The normalized spacial score (nSPS) is 12.7. The Hall–Kier alpha value is -0.390. The van der Waals surface area contributed by atoms with Crippen LogP contribution >= 0.6 is 0 Å². The molecule has 0 aliphatic heterocycles. The summed E-state index contributed by atoms with van der Waals surface area (Å²) in [5.41, 5.74) is 0. The van der Waals surface area contributed by atoms with E-state index < -0.39 is 0 Å². The van der Waals surface area contributed by atoms with Gasteiger partial charge < -0.3 is 0 Å². The molecule has 0 bridgehead atoms. The maximum atomic E-state index is 2.38. The first kappa shape index (κ1) is 18.6. The van der Waals surface area contributed by atoms with Crippen LogP contribution in [0.3, 0.4) is 0 Å². The third kappa shape index (κ3) is 13.8. The Bertz CT molecular complexity index is 242. The number of hydrogen-bond acceptors (Lipinski definition) is 0. The Balaban J connectivity index is 3.69. The molecule has 0 N–H and O–H groups in total. The van der Waals surface area contributed by atoms with E-state index in [0.29, 0.717) is 0 Å². The number of unbranched alkanes of at least 4 members (excludes halogenated alkanes) is 8. The van der Waals surface area contributed by atoms with E-state index in [1.54, 1.807) is 0 Å². The van der Waals surface area contributed by atoms with E-state index in [0.717, 1.165) is 0 Å². The van der Waals surface area contributed by atoms with Crippen LogP contribution in [0.4, 0.5) is 0 Å². The Morgan fingerprint density at radius 1 is 0.684 bits per heavy atom. The van der Waals surface area contributed by atoms with Crippen molar-refractivity contribution >= 4 is 15.7 Å². The molecule has 0 unspecified atom stereocenters. The smallest absolute Gasteiger partial charge is 0.0944 e. The standard InChI is InChI=1S/C17H34B2/c1-3-5-7-9-10-12-14-16-17(18,19)15-13-11-8-6-4-2/h13-16H,3-12,18-19H2,1-2H3/b15-13-,16-14-. The summed E-state index contributed by atoms with van der Waals surface area (Å²) in [6.07, 6.45) is 22.9. The molecule has 2 heteroatoms. The van der Waals surface area contributed by atoms with E-state index in [9.17, 15) is 0 Å². The molecule has 0 aliphatic carbocycles. The largest absolute Gasteiger partial charge is 0.108 e. The van der Waals surface area contributed by atoms with Crippen LogP contribution in [0, 0.1) is 0 Å². The fourth-order valence-corrected chi connectivity index (χ4v) is 2.21. The number of rotatable bonds is 12. The molecule has 0 aromatic rings.